The van der Waals surface area contributed by atoms with Crippen LogP contribution in [0.5, 0.6) is 11.5 Å². The molecular weight excluding hydrogens is 406 g/mol. The van der Waals surface area contributed by atoms with Crippen LogP contribution in [-0.2, 0) is 9.53 Å². The van der Waals surface area contributed by atoms with Gasteiger partial charge in [-0.05, 0) is 34.9 Å². The molecule has 0 unspecified atom stereocenters. The highest BCUT2D eigenvalue weighted by molar-refractivity contribution is 5.99. The lowest BCUT2D eigenvalue weighted by Crippen LogP contribution is -2.12. The van der Waals surface area contributed by atoms with Crippen molar-refractivity contribution in [1.82, 2.24) is 0 Å². The minimum absolute atomic E-state index is 0.0963. The number of ketones is 1. The molecule has 0 aromatic heterocycles. The highest BCUT2D eigenvalue weighted by Gasteiger charge is 2.09. The second-order valence-corrected chi connectivity index (χ2v) is 6.66. The summed E-state index contributed by atoms with van der Waals surface area (Å²) in [5, 5.41) is 8.61. The summed E-state index contributed by atoms with van der Waals surface area (Å²) >= 11 is 0. The van der Waals surface area contributed by atoms with Crippen LogP contribution in [-0.4, -0.2) is 32.1 Å². The summed E-state index contributed by atoms with van der Waals surface area (Å²) in [7, 11) is 1.48. The Kier molecular flexibility index (Phi) is 7.77. The van der Waals surface area contributed by atoms with Gasteiger partial charge in [-0.25, -0.2) is 4.79 Å². The minimum atomic E-state index is -0.636. The number of rotatable bonds is 9. The molecule has 3 rings (SSSR count). The molecule has 0 aliphatic carbocycles. The third-order valence-electron chi connectivity index (χ3n) is 4.55. The Balaban J connectivity index is 1.54. The van der Waals surface area contributed by atoms with Crippen molar-refractivity contribution in [3.8, 4) is 28.7 Å². The number of esters is 1. The Morgan fingerprint density at radius 2 is 1.66 bits per heavy atom. The van der Waals surface area contributed by atoms with E-state index in [2.05, 4.69) is 0 Å². The first-order valence-corrected chi connectivity index (χ1v) is 9.82. The second kappa shape index (κ2) is 11.1. The first-order valence-electron chi connectivity index (χ1n) is 9.82. The molecule has 0 aliphatic rings. The van der Waals surface area contributed by atoms with Gasteiger partial charge in [0, 0.05) is 11.6 Å². The fourth-order valence-electron chi connectivity index (χ4n) is 2.93. The smallest absolute Gasteiger partial charge is 0.331 e. The number of methoxy groups -OCH3 is 1. The molecule has 0 N–H and O–H groups in total. The number of ether oxygens (including phenoxy) is 3. The number of nitrogens with zero attached hydrogens (tertiary/aromatic N) is 1. The van der Waals surface area contributed by atoms with Gasteiger partial charge >= 0.3 is 5.97 Å². The van der Waals surface area contributed by atoms with Crippen LogP contribution in [0.1, 0.15) is 15.9 Å². The van der Waals surface area contributed by atoms with Crippen LogP contribution in [0.2, 0.25) is 0 Å². The summed E-state index contributed by atoms with van der Waals surface area (Å²) in [6.45, 7) is -0.445. The quantitative estimate of drug-likeness (QED) is 0.279. The Labute approximate surface area is 186 Å². The van der Waals surface area contributed by atoms with Crippen LogP contribution in [0.15, 0.2) is 78.9 Å². The predicted octanol–water partition coefficient (Wildman–Crippen LogP) is 4.70. The number of nitriles is 1. The number of hydrogen-bond acceptors (Lipinski definition) is 6. The van der Waals surface area contributed by atoms with Gasteiger partial charge in [-0.2, -0.15) is 5.26 Å². The first-order chi connectivity index (χ1) is 15.6. The standard InChI is InChI=1S/C26H21NO5/c1-30-25-17-19(7-13-24(25)31-16-15-27)8-14-26(29)32-18-23(28)22-11-9-21(10-12-22)20-5-3-2-4-6-20/h2-14,17H,16,18H2,1H3/b14-8+. The minimum Gasteiger partial charge on any atom is -0.493 e. The zero-order valence-corrected chi connectivity index (χ0v) is 17.5. The van der Waals surface area contributed by atoms with E-state index >= 15 is 0 Å². The van der Waals surface area contributed by atoms with Crippen molar-refractivity contribution in [2.45, 2.75) is 0 Å². The zero-order chi connectivity index (χ0) is 22.8. The number of benzene rings is 3. The molecule has 0 fully saturated rings. The summed E-state index contributed by atoms with van der Waals surface area (Å²) in [4.78, 5) is 24.3. The third kappa shape index (κ3) is 6.07. The number of carbonyl (C=O) groups is 2. The molecule has 0 heterocycles. The van der Waals surface area contributed by atoms with E-state index in [1.54, 1.807) is 30.3 Å². The van der Waals surface area contributed by atoms with Crippen LogP contribution >= 0.6 is 0 Å². The Bertz CT molecular complexity index is 1150. The molecule has 3 aromatic rings. The lowest BCUT2D eigenvalue weighted by Gasteiger charge is -2.08. The van der Waals surface area contributed by atoms with Crippen LogP contribution in [0.25, 0.3) is 17.2 Å². The highest BCUT2D eigenvalue weighted by Crippen LogP contribution is 2.28. The van der Waals surface area contributed by atoms with Crippen LogP contribution in [0.4, 0.5) is 0 Å². The van der Waals surface area contributed by atoms with Crippen molar-refractivity contribution in [3.63, 3.8) is 0 Å². The molecule has 0 saturated heterocycles. The van der Waals surface area contributed by atoms with Crippen molar-refractivity contribution in [1.29, 1.82) is 5.26 Å². The average Bonchev–Trinajstić information content (AvgIpc) is 2.85. The van der Waals surface area contributed by atoms with Gasteiger partial charge in [-0.1, -0.05) is 60.7 Å². The van der Waals surface area contributed by atoms with Crippen LogP contribution in [0.3, 0.4) is 0 Å². The molecule has 0 bridgehead atoms. The summed E-state index contributed by atoms with van der Waals surface area (Å²) < 4.78 is 15.5. The molecule has 32 heavy (non-hydrogen) atoms. The van der Waals surface area contributed by atoms with E-state index in [1.807, 2.05) is 48.5 Å². The molecular formula is C26H21NO5. The summed E-state index contributed by atoms with van der Waals surface area (Å²) in [6, 6.07) is 23.9. The maximum atomic E-state index is 12.3. The van der Waals surface area contributed by atoms with Crippen molar-refractivity contribution in [2.24, 2.45) is 0 Å². The van der Waals surface area contributed by atoms with E-state index in [1.165, 1.54) is 19.3 Å². The Hall–Kier alpha value is -4.37. The molecule has 0 spiro atoms. The molecule has 6 nitrogen and oxygen atoms in total. The van der Waals surface area contributed by atoms with E-state index in [0.29, 0.717) is 22.6 Å². The number of carbonyl (C=O) groups excluding carboxylic acids is 2. The zero-order valence-electron chi connectivity index (χ0n) is 17.5. The predicted molar refractivity (Wildman–Crippen MR) is 120 cm³/mol. The van der Waals surface area contributed by atoms with Crippen molar-refractivity contribution >= 4 is 17.8 Å². The fourth-order valence-corrected chi connectivity index (χ4v) is 2.93. The van der Waals surface area contributed by atoms with E-state index < -0.39 is 5.97 Å². The van der Waals surface area contributed by atoms with E-state index in [9.17, 15) is 9.59 Å². The topological polar surface area (TPSA) is 85.6 Å². The monoisotopic (exact) mass is 427 g/mol. The number of Topliss-reactive ketones (excluding diaryl/α,β-unsaturated/α-hetero) is 1. The van der Waals surface area contributed by atoms with Gasteiger partial charge < -0.3 is 14.2 Å². The van der Waals surface area contributed by atoms with E-state index in [0.717, 1.165) is 11.1 Å². The molecule has 0 atom stereocenters. The van der Waals surface area contributed by atoms with Gasteiger partial charge in [0.05, 0.1) is 7.11 Å². The lowest BCUT2D eigenvalue weighted by molar-refractivity contribution is -0.136. The second-order valence-electron chi connectivity index (χ2n) is 6.66. The van der Waals surface area contributed by atoms with Gasteiger partial charge in [0.1, 0.15) is 6.07 Å². The summed E-state index contributed by atoms with van der Waals surface area (Å²) in [6.07, 6.45) is 2.77. The van der Waals surface area contributed by atoms with E-state index in [4.69, 9.17) is 19.5 Å². The van der Waals surface area contributed by atoms with Gasteiger partial charge in [0.2, 0.25) is 0 Å². The molecule has 0 amide bonds. The molecule has 0 saturated carbocycles. The number of hydrogen-bond donors (Lipinski definition) is 0. The lowest BCUT2D eigenvalue weighted by atomic mass is 10.0. The summed E-state index contributed by atoms with van der Waals surface area (Å²) in [5.41, 5.74) is 3.20. The molecule has 0 aliphatic heterocycles. The SMILES string of the molecule is COc1cc(/C=C/C(=O)OCC(=O)c2ccc(-c3ccccc3)cc2)ccc1OCC#N. The molecule has 3 aromatic carbocycles. The van der Waals surface area contributed by atoms with E-state index in [-0.39, 0.29) is 19.0 Å². The Morgan fingerprint density at radius 3 is 2.34 bits per heavy atom. The normalized spacial score (nSPS) is 10.4. The average molecular weight is 427 g/mol. The maximum Gasteiger partial charge on any atom is 0.331 e. The van der Waals surface area contributed by atoms with Gasteiger partial charge in [-0.3, -0.25) is 4.79 Å². The highest BCUT2D eigenvalue weighted by atomic mass is 16.5. The third-order valence-corrected chi connectivity index (χ3v) is 4.55. The maximum absolute atomic E-state index is 12.3. The van der Waals surface area contributed by atoms with Crippen molar-refractivity contribution < 1.29 is 23.8 Å². The van der Waals surface area contributed by atoms with Crippen molar-refractivity contribution in [3.05, 3.63) is 90.0 Å². The molecule has 0 radical (unpaired) electrons. The molecule has 6 heteroatoms. The first kappa shape index (κ1) is 22.3. The van der Waals surface area contributed by atoms with Crippen LogP contribution < -0.4 is 9.47 Å². The van der Waals surface area contributed by atoms with Crippen LogP contribution in [0, 0.1) is 11.3 Å². The van der Waals surface area contributed by atoms with Crippen molar-refractivity contribution in [2.75, 3.05) is 20.3 Å². The molecule has 160 valence electrons. The largest absolute Gasteiger partial charge is 0.493 e. The summed E-state index contributed by atoms with van der Waals surface area (Å²) in [5.74, 6) is -0.0578. The Morgan fingerprint density at radius 1 is 0.938 bits per heavy atom. The fraction of sp³-hybridized carbons (Fsp3) is 0.115. The van der Waals surface area contributed by atoms with Gasteiger partial charge in [0.15, 0.2) is 30.5 Å². The van der Waals surface area contributed by atoms with Gasteiger partial charge in [0.25, 0.3) is 0 Å². The van der Waals surface area contributed by atoms with Gasteiger partial charge in [-0.15, -0.1) is 0 Å².